The minimum atomic E-state index is -0.651. The van der Waals surface area contributed by atoms with Gasteiger partial charge in [-0.25, -0.2) is 0 Å². The molecule has 2 aromatic carbocycles. The fourth-order valence-corrected chi connectivity index (χ4v) is 3.87. The standard InChI is InChI=1S/C22H28N2O2/c1-4-22(23(2)3,19-8-6-5-7-9-19)21(25)18-10-12-20(13-11-18)24-14-16-26-17-15-24/h5-13H,4,14-17H2,1-3H3. The Bertz CT molecular complexity index is 722. The number of rotatable bonds is 6. The van der Waals surface area contributed by atoms with Crippen LogP contribution in [0.1, 0.15) is 29.3 Å². The number of likely N-dealkylation sites (N-methyl/N-ethyl adjacent to an activating group) is 1. The molecule has 2 aromatic rings. The number of morpholine rings is 1. The van der Waals surface area contributed by atoms with E-state index in [0.717, 1.165) is 43.1 Å². The van der Waals surface area contributed by atoms with E-state index in [1.165, 1.54) is 0 Å². The lowest BCUT2D eigenvalue weighted by atomic mass is 9.79. The summed E-state index contributed by atoms with van der Waals surface area (Å²) in [6.45, 7) is 5.39. The Labute approximate surface area is 156 Å². The molecule has 138 valence electrons. The van der Waals surface area contributed by atoms with Crippen LogP contribution in [-0.2, 0) is 10.3 Å². The summed E-state index contributed by atoms with van der Waals surface area (Å²) in [6.07, 6.45) is 0.716. The van der Waals surface area contributed by atoms with Gasteiger partial charge in [-0.1, -0.05) is 37.3 Å². The average Bonchev–Trinajstić information content (AvgIpc) is 2.70. The number of hydrogen-bond acceptors (Lipinski definition) is 4. The number of hydrogen-bond donors (Lipinski definition) is 0. The third kappa shape index (κ3) is 3.39. The molecule has 0 saturated carbocycles. The zero-order valence-corrected chi connectivity index (χ0v) is 15.9. The molecule has 3 rings (SSSR count). The number of ketones is 1. The van der Waals surface area contributed by atoms with E-state index in [1.807, 2.05) is 61.5 Å². The first-order valence-electron chi connectivity index (χ1n) is 9.30. The van der Waals surface area contributed by atoms with Crippen LogP contribution in [0.25, 0.3) is 0 Å². The van der Waals surface area contributed by atoms with Crippen LogP contribution < -0.4 is 4.90 Å². The van der Waals surface area contributed by atoms with Crippen molar-refractivity contribution in [3.05, 3.63) is 65.7 Å². The normalized spacial score (nSPS) is 17.2. The Hall–Kier alpha value is -2.17. The van der Waals surface area contributed by atoms with Gasteiger partial charge in [0.05, 0.1) is 13.2 Å². The maximum Gasteiger partial charge on any atom is 0.187 e. The van der Waals surface area contributed by atoms with Crippen molar-refractivity contribution in [1.29, 1.82) is 0 Å². The van der Waals surface area contributed by atoms with E-state index in [0.29, 0.717) is 6.42 Å². The van der Waals surface area contributed by atoms with Crippen molar-refractivity contribution in [2.75, 3.05) is 45.3 Å². The molecule has 26 heavy (non-hydrogen) atoms. The molecule has 1 saturated heterocycles. The average molecular weight is 352 g/mol. The second kappa shape index (κ2) is 8.02. The first-order chi connectivity index (χ1) is 12.6. The van der Waals surface area contributed by atoms with E-state index in [9.17, 15) is 4.79 Å². The SMILES string of the molecule is CCC(C(=O)c1ccc(N2CCOCC2)cc1)(c1ccccc1)N(C)C. The second-order valence-corrected chi connectivity index (χ2v) is 6.95. The van der Waals surface area contributed by atoms with E-state index in [1.54, 1.807) is 0 Å². The van der Waals surface area contributed by atoms with Gasteiger partial charge in [-0.3, -0.25) is 9.69 Å². The Morgan fingerprint density at radius 3 is 2.19 bits per heavy atom. The van der Waals surface area contributed by atoms with Crippen LogP contribution in [-0.4, -0.2) is 51.1 Å². The van der Waals surface area contributed by atoms with E-state index >= 15 is 0 Å². The highest BCUT2D eigenvalue weighted by atomic mass is 16.5. The fraction of sp³-hybridized carbons (Fsp3) is 0.409. The molecule has 0 N–H and O–H groups in total. The lowest BCUT2D eigenvalue weighted by molar-refractivity contribution is 0.0660. The molecule has 0 aliphatic carbocycles. The van der Waals surface area contributed by atoms with Crippen molar-refractivity contribution in [3.8, 4) is 0 Å². The summed E-state index contributed by atoms with van der Waals surface area (Å²) >= 11 is 0. The molecule has 1 aliphatic rings. The summed E-state index contributed by atoms with van der Waals surface area (Å²) in [7, 11) is 3.97. The quantitative estimate of drug-likeness (QED) is 0.744. The van der Waals surface area contributed by atoms with Gasteiger partial charge in [-0.15, -0.1) is 0 Å². The first-order valence-corrected chi connectivity index (χ1v) is 9.30. The zero-order chi connectivity index (χ0) is 18.6. The largest absolute Gasteiger partial charge is 0.378 e. The number of nitrogens with zero attached hydrogens (tertiary/aromatic N) is 2. The van der Waals surface area contributed by atoms with Crippen LogP contribution >= 0.6 is 0 Å². The highest BCUT2D eigenvalue weighted by Gasteiger charge is 2.41. The van der Waals surface area contributed by atoms with Gasteiger partial charge in [0.2, 0.25) is 0 Å². The third-order valence-corrected chi connectivity index (χ3v) is 5.41. The number of benzene rings is 2. The zero-order valence-electron chi connectivity index (χ0n) is 15.9. The Balaban J connectivity index is 1.92. The number of ether oxygens (including phenoxy) is 1. The molecule has 4 nitrogen and oxygen atoms in total. The predicted molar refractivity (Wildman–Crippen MR) is 106 cm³/mol. The molecule has 0 spiro atoms. The first kappa shape index (κ1) is 18.6. The smallest absolute Gasteiger partial charge is 0.187 e. The summed E-state index contributed by atoms with van der Waals surface area (Å²) in [5.74, 6) is 0.143. The molecule has 4 heteroatoms. The topological polar surface area (TPSA) is 32.8 Å². The molecule has 0 aromatic heterocycles. The van der Waals surface area contributed by atoms with Crippen LogP contribution in [0, 0.1) is 0 Å². The van der Waals surface area contributed by atoms with Gasteiger partial charge in [-0.05, 0) is 50.3 Å². The molecule has 0 bridgehead atoms. The summed E-state index contributed by atoms with van der Waals surface area (Å²) in [5, 5.41) is 0. The Kier molecular flexibility index (Phi) is 5.74. The van der Waals surface area contributed by atoms with Crippen LogP contribution in [0.2, 0.25) is 0 Å². The van der Waals surface area contributed by atoms with Gasteiger partial charge in [-0.2, -0.15) is 0 Å². The Morgan fingerprint density at radius 1 is 1.04 bits per heavy atom. The van der Waals surface area contributed by atoms with Crippen LogP contribution in [0.4, 0.5) is 5.69 Å². The maximum atomic E-state index is 13.6. The van der Waals surface area contributed by atoms with Gasteiger partial charge in [0.1, 0.15) is 5.54 Å². The summed E-state index contributed by atoms with van der Waals surface area (Å²) in [6, 6.07) is 18.1. The van der Waals surface area contributed by atoms with E-state index in [-0.39, 0.29) is 5.78 Å². The lowest BCUT2D eigenvalue weighted by Crippen LogP contribution is -2.48. The molecule has 1 atom stereocenters. The molecule has 1 heterocycles. The number of carbonyl (C=O) groups excluding carboxylic acids is 1. The maximum absolute atomic E-state index is 13.6. The van der Waals surface area contributed by atoms with Crippen molar-refractivity contribution in [3.63, 3.8) is 0 Å². The minimum Gasteiger partial charge on any atom is -0.378 e. The highest BCUT2D eigenvalue weighted by Crippen LogP contribution is 2.34. The van der Waals surface area contributed by atoms with Crippen molar-refractivity contribution in [2.45, 2.75) is 18.9 Å². The second-order valence-electron chi connectivity index (χ2n) is 6.95. The summed E-state index contributed by atoms with van der Waals surface area (Å²) in [5.41, 5.74) is 2.29. The van der Waals surface area contributed by atoms with Gasteiger partial charge in [0, 0.05) is 24.3 Å². The van der Waals surface area contributed by atoms with E-state index < -0.39 is 5.54 Å². The van der Waals surface area contributed by atoms with Crippen LogP contribution in [0.5, 0.6) is 0 Å². The third-order valence-electron chi connectivity index (χ3n) is 5.41. The molecule has 1 aliphatic heterocycles. The van der Waals surface area contributed by atoms with Gasteiger partial charge in [0.15, 0.2) is 5.78 Å². The Morgan fingerprint density at radius 2 is 1.65 bits per heavy atom. The van der Waals surface area contributed by atoms with Crippen molar-refractivity contribution < 1.29 is 9.53 Å². The number of anilines is 1. The highest BCUT2D eigenvalue weighted by molar-refractivity contribution is 6.04. The lowest BCUT2D eigenvalue weighted by Gasteiger charge is -2.38. The predicted octanol–water partition coefficient (Wildman–Crippen LogP) is 3.57. The van der Waals surface area contributed by atoms with Gasteiger partial charge >= 0.3 is 0 Å². The van der Waals surface area contributed by atoms with Gasteiger partial charge < -0.3 is 9.64 Å². The molecule has 1 unspecified atom stereocenters. The van der Waals surface area contributed by atoms with Crippen molar-refractivity contribution in [1.82, 2.24) is 4.90 Å². The molecule has 0 radical (unpaired) electrons. The van der Waals surface area contributed by atoms with Crippen molar-refractivity contribution >= 4 is 11.5 Å². The van der Waals surface area contributed by atoms with E-state index in [2.05, 4.69) is 24.0 Å². The minimum absolute atomic E-state index is 0.143. The molecule has 1 fully saturated rings. The molecular weight excluding hydrogens is 324 g/mol. The van der Waals surface area contributed by atoms with Crippen LogP contribution in [0.15, 0.2) is 54.6 Å². The monoisotopic (exact) mass is 352 g/mol. The summed E-state index contributed by atoms with van der Waals surface area (Å²) < 4.78 is 5.42. The van der Waals surface area contributed by atoms with E-state index in [4.69, 9.17) is 4.74 Å². The molecule has 0 amide bonds. The number of Topliss-reactive ketones (excluding diaryl/α,β-unsaturated/α-hetero) is 1. The summed E-state index contributed by atoms with van der Waals surface area (Å²) in [4.78, 5) is 17.9. The fourth-order valence-electron chi connectivity index (χ4n) is 3.87. The number of carbonyl (C=O) groups is 1. The van der Waals surface area contributed by atoms with Crippen molar-refractivity contribution in [2.24, 2.45) is 0 Å². The van der Waals surface area contributed by atoms with Crippen LogP contribution in [0.3, 0.4) is 0 Å². The van der Waals surface area contributed by atoms with Gasteiger partial charge in [0.25, 0.3) is 0 Å². The molecular formula is C22H28N2O2.